The first-order valence-electron chi connectivity index (χ1n) is 7.36. The van der Waals surface area contributed by atoms with Crippen LogP contribution in [0.4, 0.5) is 0 Å². The Balaban J connectivity index is 2.44. The fourth-order valence-electron chi connectivity index (χ4n) is 2.98. The monoisotopic (exact) mass is 291 g/mol. The highest BCUT2D eigenvalue weighted by Gasteiger charge is 2.13. The minimum absolute atomic E-state index is 0.486. The molecular formula is C18H18BNO2. The van der Waals surface area contributed by atoms with Gasteiger partial charge in [-0.1, -0.05) is 42.5 Å². The van der Waals surface area contributed by atoms with Gasteiger partial charge in [-0.25, -0.2) is 0 Å². The number of para-hydroxylation sites is 1. The Bertz CT molecular complexity index is 941. The van der Waals surface area contributed by atoms with Crippen molar-refractivity contribution in [1.82, 2.24) is 4.57 Å². The minimum Gasteiger partial charge on any atom is -0.423 e. The van der Waals surface area contributed by atoms with Crippen LogP contribution in [0.5, 0.6) is 0 Å². The maximum absolute atomic E-state index is 9.42. The summed E-state index contributed by atoms with van der Waals surface area (Å²) < 4.78 is 2.15. The second-order valence-corrected chi connectivity index (χ2v) is 5.20. The van der Waals surface area contributed by atoms with Crippen molar-refractivity contribution in [3.8, 4) is 5.69 Å². The van der Waals surface area contributed by atoms with Crippen molar-refractivity contribution < 1.29 is 10.0 Å². The molecule has 0 fully saturated rings. The smallest absolute Gasteiger partial charge is 0.423 e. The summed E-state index contributed by atoms with van der Waals surface area (Å²) in [7, 11) is -1.46. The predicted molar refractivity (Wildman–Crippen MR) is 92.6 cm³/mol. The van der Waals surface area contributed by atoms with E-state index in [1.54, 1.807) is 6.07 Å². The lowest BCUT2D eigenvalue weighted by atomic mass is 9.80. The van der Waals surface area contributed by atoms with Crippen LogP contribution in [-0.2, 0) is 0 Å². The summed E-state index contributed by atoms with van der Waals surface area (Å²) in [6.45, 7) is 4.05. The van der Waals surface area contributed by atoms with E-state index in [0.717, 1.165) is 16.6 Å². The van der Waals surface area contributed by atoms with E-state index in [9.17, 15) is 10.0 Å². The van der Waals surface area contributed by atoms with E-state index < -0.39 is 7.12 Å². The van der Waals surface area contributed by atoms with E-state index in [2.05, 4.69) is 28.9 Å². The normalized spacial score (nSPS) is 13.1. The summed E-state index contributed by atoms with van der Waals surface area (Å²) in [6.07, 6.45) is 4.19. The molecule has 22 heavy (non-hydrogen) atoms. The van der Waals surface area contributed by atoms with Gasteiger partial charge in [-0.2, -0.15) is 0 Å². The zero-order valence-electron chi connectivity index (χ0n) is 12.7. The van der Waals surface area contributed by atoms with Gasteiger partial charge in [-0.15, -0.1) is 0 Å². The topological polar surface area (TPSA) is 45.4 Å². The second-order valence-electron chi connectivity index (χ2n) is 5.20. The molecule has 3 rings (SSSR count). The van der Waals surface area contributed by atoms with E-state index in [-0.39, 0.29) is 0 Å². The van der Waals surface area contributed by atoms with Crippen LogP contribution in [0.3, 0.4) is 0 Å². The molecular weight excluding hydrogens is 273 g/mol. The zero-order valence-corrected chi connectivity index (χ0v) is 12.7. The molecule has 2 aromatic carbocycles. The SMILES string of the molecule is C/C=c1\c(=C/C)n(-c2cccc(B(O)O)c2)c2ccccc12. The molecule has 4 heteroatoms. The maximum atomic E-state index is 9.42. The van der Waals surface area contributed by atoms with E-state index >= 15 is 0 Å². The minimum atomic E-state index is -1.46. The quantitative estimate of drug-likeness (QED) is 0.689. The van der Waals surface area contributed by atoms with Crippen LogP contribution < -0.4 is 16.0 Å². The van der Waals surface area contributed by atoms with Crippen LogP contribution in [0.25, 0.3) is 28.7 Å². The number of hydrogen-bond acceptors (Lipinski definition) is 2. The molecule has 1 aromatic heterocycles. The van der Waals surface area contributed by atoms with Crippen LogP contribution in [0.2, 0.25) is 0 Å². The molecule has 0 saturated carbocycles. The van der Waals surface area contributed by atoms with Crippen LogP contribution in [0, 0.1) is 0 Å². The van der Waals surface area contributed by atoms with Crippen LogP contribution in [0.1, 0.15) is 13.8 Å². The Morgan fingerprint density at radius 1 is 0.955 bits per heavy atom. The van der Waals surface area contributed by atoms with Gasteiger partial charge in [-0.05, 0) is 37.5 Å². The molecule has 1 heterocycles. The second kappa shape index (κ2) is 5.83. The average Bonchev–Trinajstić information content (AvgIpc) is 2.88. The molecule has 2 N–H and O–H groups in total. The van der Waals surface area contributed by atoms with Crippen molar-refractivity contribution in [2.24, 2.45) is 0 Å². The molecule has 0 aliphatic carbocycles. The van der Waals surface area contributed by atoms with Gasteiger partial charge in [0, 0.05) is 21.6 Å². The van der Waals surface area contributed by atoms with Crippen molar-refractivity contribution in [2.45, 2.75) is 13.8 Å². The first-order valence-corrected chi connectivity index (χ1v) is 7.36. The van der Waals surface area contributed by atoms with Crippen molar-refractivity contribution in [3.05, 3.63) is 59.1 Å². The number of fused-ring (bicyclic) bond motifs is 1. The maximum Gasteiger partial charge on any atom is 0.488 e. The Morgan fingerprint density at radius 2 is 1.73 bits per heavy atom. The third-order valence-electron chi connectivity index (χ3n) is 3.94. The Hall–Kier alpha value is -2.30. The van der Waals surface area contributed by atoms with Crippen molar-refractivity contribution >= 4 is 35.6 Å². The van der Waals surface area contributed by atoms with E-state index in [1.165, 1.54) is 10.6 Å². The number of benzene rings is 2. The third kappa shape index (κ3) is 2.26. The number of rotatable bonds is 2. The molecule has 0 aliphatic rings. The van der Waals surface area contributed by atoms with Gasteiger partial charge in [0.1, 0.15) is 0 Å². The summed E-state index contributed by atoms with van der Waals surface area (Å²) in [5, 5.41) is 22.3. The van der Waals surface area contributed by atoms with Gasteiger partial charge in [-0.3, -0.25) is 0 Å². The van der Waals surface area contributed by atoms with E-state index in [0.29, 0.717) is 5.46 Å². The lowest BCUT2D eigenvalue weighted by Gasteiger charge is -2.08. The van der Waals surface area contributed by atoms with Crippen LogP contribution in [-0.4, -0.2) is 21.7 Å². The van der Waals surface area contributed by atoms with E-state index in [1.807, 2.05) is 44.2 Å². The van der Waals surface area contributed by atoms with E-state index in [4.69, 9.17) is 0 Å². The summed E-state index contributed by atoms with van der Waals surface area (Å²) in [5.41, 5.74) is 2.51. The molecule has 0 bridgehead atoms. The first-order chi connectivity index (χ1) is 10.7. The standard InChI is InChI=1S/C18H18BNO2/c1-3-15-16-10-5-6-11-18(16)20(17(15)4-2)14-9-7-8-13(12-14)19(21)22/h3-12,21-22H,1-2H3/b15-3-,17-4+. The first kappa shape index (κ1) is 14.6. The molecule has 3 nitrogen and oxygen atoms in total. The molecule has 0 radical (unpaired) electrons. The summed E-state index contributed by atoms with van der Waals surface area (Å²) >= 11 is 0. The van der Waals surface area contributed by atoms with Gasteiger partial charge >= 0.3 is 7.12 Å². The Kier molecular flexibility index (Phi) is 3.88. The van der Waals surface area contributed by atoms with Crippen molar-refractivity contribution in [2.75, 3.05) is 0 Å². The largest absolute Gasteiger partial charge is 0.488 e. The molecule has 0 atom stereocenters. The lowest BCUT2D eigenvalue weighted by molar-refractivity contribution is 0.426. The Morgan fingerprint density at radius 3 is 2.41 bits per heavy atom. The van der Waals surface area contributed by atoms with Crippen LogP contribution >= 0.6 is 0 Å². The summed E-state index contributed by atoms with van der Waals surface area (Å²) in [4.78, 5) is 0. The van der Waals surface area contributed by atoms with Crippen LogP contribution in [0.15, 0.2) is 48.5 Å². The summed E-state index contributed by atoms with van der Waals surface area (Å²) in [5.74, 6) is 0. The fourth-order valence-corrected chi connectivity index (χ4v) is 2.98. The molecule has 0 saturated heterocycles. The summed E-state index contributed by atoms with van der Waals surface area (Å²) in [6, 6.07) is 15.6. The number of nitrogens with zero attached hydrogens (tertiary/aromatic N) is 1. The third-order valence-corrected chi connectivity index (χ3v) is 3.94. The molecule has 0 aliphatic heterocycles. The molecule has 0 unspecified atom stereocenters. The average molecular weight is 291 g/mol. The van der Waals surface area contributed by atoms with Gasteiger partial charge in [0.15, 0.2) is 0 Å². The van der Waals surface area contributed by atoms with Crippen molar-refractivity contribution in [3.63, 3.8) is 0 Å². The lowest BCUT2D eigenvalue weighted by Crippen LogP contribution is -2.32. The molecule has 3 aromatic rings. The highest BCUT2D eigenvalue weighted by Crippen LogP contribution is 2.14. The fraction of sp³-hybridized carbons (Fsp3) is 0.111. The van der Waals surface area contributed by atoms with Gasteiger partial charge < -0.3 is 14.6 Å². The number of aromatic nitrogens is 1. The molecule has 0 amide bonds. The molecule has 0 spiro atoms. The van der Waals surface area contributed by atoms with Gasteiger partial charge in [0.2, 0.25) is 0 Å². The van der Waals surface area contributed by atoms with Gasteiger partial charge in [0.05, 0.1) is 5.52 Å². The van der Waals surface area contributed by atoms with Gasteiger partial charge in [0.25, 0.3) is 0 Å². The Labute approximate surface area is 129 Å². The number of hydrogen-bond donors (Lipinski definition) is 2. The molecule has 110 valence electrons. The highest BCUT2D eigenvalue weighted by atomic mass is 16.4. The highest BCUT2D eigenvalue weighted by molar-refractivity contribution is 6.58. The van der Waals surface area contributed by atoms with Crippen molar-refractivity contribution in [1.29, 1.82) is 0 Å². The zero-order chi connectivity index (χ0) is 15.7. The predicted octanol–water partition coefficient (Wildman–Crippen LogP) is 0.911.